The highest BCUT2D eigenvalue weighted by Crippen LogP contribution is 1.84. The molecule has 0 bridgehead atoms. The van der Waals surface area contributed by atoms with E-state index >= 15 is 0 Å². The number of hydrogen-bond acceptors (Lipinski definition) is 1. The van der Waals surface area contributed by atoms with Crippen LogP contribution in [0.2, 0.25) is 6.82 Å². The summed E-state index contributed by atoms with van der Waals surface area (Å²) in [6.07, 6.45) is 2.39. The smallest absolute Gasteiger partial charge is 0.288 e. The van der Waals surface area contributed by atoms with E-state index in [4.69, 9.17) is 4.65 Å². The fourth-order valence-corrected chi connectivity index (χ4v) is 0.346. The number of hydrogen-bond donors (Lipinski definition) is 0. The van der Waals surface area contributed by atoms with Gasteiger partial charge in [-0.25, -0.2) is 0 Å². The lowest BCUT2D eigenvalue weighted by molar-refractivity contribution is 0.329. The Balaban J connectivity index is 2.45. The van der Waals surface area contributed by atoms with Crippen molar-refractivity contribution in [3.05, 3.63) is 0 Å². The van der Waals surface area contributed by atoms with Crippen LogP contribution in [0.4, 0.5) is 0 Å². The first-order valence-corrected chi connectivity index (χ1v) is 2.81. The Morgan fingerprint density at radius 1 is 1.57 bits per heavy atom. The molecule has 0 atom stereocenters. The highest BCUT2D eigenvalue weighted by atomic mass is 16.4. The van der Waals surface area contributed by atoms with Crippen molar-refractivity contribution in [3.8, 4) is 0 Å². The maximum atomic E-state index is 4.95. The summed E-state index contributed by atoms with van der Waals surface area (Å²) in [6, 6.07) is 0. The van der Waals surface area contributed by atoms with Crippen LogP contribution in [-0.2, 0) is 4.65 Å². The normalized spacial score (nSPS) is 8.86. The van der Waals surface area contributed by atoms with Gasteiger partial charge in [-0.3, -0.25) is 0 Å². The molecule has 0 heterocycles. The van der Waals surface area contributed by atoms with E-state index in [0.717, 1.165) is 6.61 Å². The van der Waals surface area contributed by atoms with Crippen LogP contribution in [0.15, 0.2) is 0 Å². The van der Waals surface area contributed by atoms with E-state index in [0.29, 0.717) is 0 Å². The molecule has 0 aromatic rings. The average molecular weight is 99.0 g/mol. The molecule has 0 aliphatic heterocycles. The van der Waals surface area contributed by atoms with Crippen molar-refractivity contribution >= 4 is 7.48 Å². The lowest BCUT2D eigenvalue weighted by Gasteiger charge is -1.94. The standard InChI is InChI=1S/C5H12BO/c1-3-4-5-7-6-2/h3-5H2,1-2H3. The van der Waals surface area contributed by atoms with Crippen LogP contribution in [0.5, 0.6) is 0 Å². The SMILES string of the molecule is C[B]OCCCC. The van der Waals surface area contributed by atoms with Crippen molar-refractivity contribution in [2.75, 3.05) is 6.61 Å². The van der Waals surface area contributed by atoms with E-state index < -0.39 is 0 Å². The Morgan fingerprint density at radius 2 is 2.29 bits per heavy atom. The molecule has 0 spiro atoms. The minimum Gasteiger partial charge on any atom is -0.441 e. The van der Waals surface area contributed by atoms with E-state index in [2.05, 4.69) is 6.92 Å². The van der Waals surface area contributed by atoms with Crippen LogP contribution in [0.3, 0.4) is 0 Å². The van der Waals surface area contributed by atoms with Gasteiger partial charge in [0.1, 0.15) is 0 Å². The van der Waals surface area contributed by atoms with Crippen molar-refractivity contribution in [1.82, 2.24) is 0 Å². The quantitative estimate of drug-likeness (QED) is 0.383. The Labute approximate surface area is 46.3 Å². The van der Waals surface area contributed by atoms with Gasteiger partial charge in [0.25, 0.3) is 7.48 Å². The molecule has 0 fully saturated rings. The topological polar surface area (TPSA) is 9.23 Å². The summed E-state index contributed by atoms with van der Waals surface area (Å²) in [5.41, 5.74) is 0. The van der Waals surface area contributed by atoms with Gasteiger partial charge in [0, 0.05) is 6.61 Å². The van der Waals surface area contributed by atoms with Crippen LogP contribution in [0.1, 0.15) is 19.8 Å². The summed E-state index contributed by atoms with van der Waals surface area (Å²) in [5.74, 6) is 0. The summed E-state index contributed by atoms with van der Waals surface area (Å²) in [4.78, 5) is 0. The molecule has 7 heavy (non-hydrogen) atoms. The zero-order valence-corrected chi connectivity index (χ0v) is 5.11. The van der Waals surface area contributed by atoms with Crippen molar-refractivity contribution in [2.24, 2.45) is 0 Å². The molecule has 41 valence electrons. The van der Waals surface area contributed by atoms with Crippen molar-refractivity contribution in [2.45, 2.75) is 26.6 Å². The Hall–Kier alpha value is 0.0249. The molecule has 0 aliphatic rings. The van der Waals surface area contributed by atoms with Crippen molar-refractivity contribution in [1.29, 1.82) is 0 Å². The molecule has 1 radical (unpaired) electrons. The third-order valence-electron chi connectivity index (χ3n) is 0.782. The van der Waals surface area contributed by atoms with E-state index in [1.54, 1.807) is 7.48 Å². The van der Waals surface area contributed by atoms with Crippen LogP contribution in [-0.4, -0.2) is 14.1 Å². The highest BCUT2D eigenvalue weighted by Gasteiger charge is 1.80. The zero-order chi connectivity index (χ0) is 5.54. The highest BCUT2D eigenvalue weighted by molar-refractivity contribution is 6.24. The fraction of sp³-hybridized carbons (Fsp3) is 1.00. The average Bonchev–Trinajstić information content (AvgIpc) is 1.69. The maximum Gasteiger partial charge on any atom is 0.288 e. The third-order valence-corrected chi connectivity index (χ3v) is 0.782. The molecule has 2 heteroatoms. The van der Waals surface area contributed by atoms with E-state index in [-0.39, 0.29) is 0 Å². The minimum absolute atomic E-state index is 0.882. The molecular formula is C5H12BO. The number of unbranched alkanes of at least 4 members (excludes halogenated alkanes) is 1. The summed E-state index contributed by atoms with van der Waals surface area (Å²) in [6.45, 7) is 4.93. The Morgan fingerprint density at radius 3 is 2.71 bits per heavy atom. The molecule has 0 saturated carbocycles. The molecule has 0 aromatic carbocycles. The van der Waals surface area contributed by atoms with Gasteiger partial charge >= 0.3 is 0 Å². The molecule has 0 amide bonds. The van der Waals surface area contributed by atoms with Crippen molar-refractivity contribution < 1.29 is 4.65 Å². The fourth-order valence-electron chi connectivity index (χ4n) is 0.346. The van der Waals surface area contributed by atoms with Gasteiger partial charge in [0.05, 0.1) is 0 Å². The first kappa shape index (κ1) is 7.02. The van der Waals surface area contributed by atoms with Gasteiger partial charge in [0.15, 0.2) is 0 Å². The first-order chi connectivity index (χ1) is 3.41. The van der Waals surface area contributed by atoms with E-state index in [1.165, 1.54) is 12.8 Å². The van der Waals surface area contributed by atoms with E-state index in [1.807, 2.05) is 6.82 Å². The van der Waals surface area contributed by atoms with Gasteiger partial charge in [-0.15, -0.1) is 0 Å². The summed E-state index contributed by atoms with van der Waals surface area (Å²) in [7, 11) is 1.73. The first-order valence-electron chi connectivity index (χ1n) is 2.81. The minimum atomic E-state index is 0.882. The lowest BCUT2D eigenvalue weighted by Crippen LogP contribution is -1.94. The van der Waals surface area contributed by atoms with Gasteiger partial charge in [-0.05, 0) is 6.42 Å². The van der Waals surface area contributed by atoms with Crippen LogP contribution in [0.25, 0.3) is 0 Å². The van der Waals surface area contributed by atoms with Crippen LogP contribution >= 0.6 is 0 Å². The molecule has 0 rings (SSSR count). The predicted molar refractivity (Wildman–Crippen MR) is 32.5 cm³/mol. The molecule has 0 unspecified atom stereocenters. The van der Waals surface area contributed by atoms with Gasteiger partial charge in [-0.2, -0.15) is 0 Å². The molecule has 1 nitrogen and oxygen atoms in total. The maximum absolute atomic E-state index is 4.95. The Kier molecular flexibility index (Phi) is 6.05. The third kappa shape index (κ3) is 6.02. The zero-order valence-electron chi connectivity index (χ0n) is 5.11. The molecule has 0 N–H and O–H groups in total. The molecule has 0 aromatic heterocycles. The second-order valence-corrected chi connectivity index (χ2v) is 1.46. The number of rotatable bonds is 4. The van der Waals surface area contributed by atoms with Crippen LogP contribution < -0.4 is 0 Å². The molecule has 0 aliphatic carbocycles. The summed E-state index contributed by atoms with van der Waals surface area (Å²) >= 11 is 0. The summed E-state index contributed by atoms with van der Waals surface area (Å²) < 4.78 is 4.95. The second-order valence-electron chi connectivity index (χ2n) is 1.46. The second kappa shape index (κ2) is 6.02. The van der Waals surface area contributed by atoms with Gasteiger partial charge in [0.2, 0.25) is 0 Å². The van der Waals surface area contributed by atoms with Crippen LogP contribution in [0, 0.1) is 0 Å². The lowest BCUT2D eigenvalue weighted by atomic mass is 10.1. The predicted octanol–water partition coefficient (Wildman–Crippen LogP) is 1.47. The van der Waals surface area contributed by atoms with Gasteiger partial charge in [-0.1, -0.05) is 20.2 Å². The van der Waals surface area contributed by atoms with Crippen molar-refractivity contribution in [3.63, 3.8) is 0 Å². The molecule has 0 saturated heterocycles. The molecular weight excluding hydrogens is 86.9 g/mol. The van der Waals surface area contributed by atoms with Gasteiger partial charge < -0.3 is 4.65 Å². The van der Waals surface area contributed by atoms with E-state index in [9.17, 15) is 0 Å². The largest absolute Gasteiger partial charge is 0.441 e. The summed E-state index contributed by atoms with van der Waals surface area (Å²) in [5, 5.41) is 0. The Bertz CT molecular complexity index is 27.3. The monoisotopic (exact) mass is 99.1 g/mol.